The fraction of sp³-hybridized carbons (Fsp3) is 0.133. The topological polar surface area (TPSA) is 57.5 Å². The zero-order valence-corrected chi connectivity index (χ0v) is 11.7. The molecule has 116 valence electrons. The van der Waals surface area contributed by atoms with Crippen LogP contribution in [0.2, 0.25) is 5.02 Å². The van der Waals surface area contributed by atoms with E-state index in [0.717, 1.165) is 12.1 Å². The number of carbonyl (C=O) groups is 1. The molecule has 0 aliphatic rings. The maximum atomic E-state index is 12.8. The molecule has 2 aromatic carbocycles. The minimum atomic E-state index is -4.52. The van der Waals surface area contributed by atoms with E-state index >= 15 is 0 Å². The van der Waals surface area contributed by atoms with E-state index in [-0.39, 0.29) is 21.7 Å². The van der Waals surface area contributed by atoms with Crippen LogP contribution in [0.4, 0.5) is 13.2 Å². The van der Waals surface area contributed by atoms with Gasteiger partial charge in [-0.25, -0.2) is 4.79 Å². The Balaban J connectivity index is 2.60. The van der Waals surface area contributed by atoms with E-state index in [2.05, 4.69) is 0 Å². The third-order valence-corrected chi connectivity index (χ3v) is 3.28. The minimum absolute atomic E-state index is 0.0701. The van der Waals surface area contributed by atoms with Crippen LogP contribution in [0.15, 0.2) is 42.5 Å². The van der Waals surface area contributed by atoms with Crippen LogP contribution >= 0.6 is 11.6 Å². The van der Waals surface area contributed by atoms with Crippen LogP contribution in [0.3, 0.4) is 0 Å². The van der Waals surface area contributed by atoms with Gasteiger partial charge in [-0.15, -0.1) is 0 Å². The maximum Gasteiger partial charge on any atom is 0.416 e. The molecule has 0 amide bonds. The van der Waals surface area contributed by atoms with Crippen molar-refractivity contribution in [3.8, 4) is 11.1 Å². The molecule has 0 fully saturated rings. The Labute approximate surface area is 128 Å². The van der Waals surface area contributed by atoms with E-state index in [1.807, 2.05) is 0 Å². The van der Waals surface area contributed by atoms with Crippen molar-refractivity contribution in [2.45, 2.75) is 12.3 Å². The molecule has 2 aromatic rings. The molecule has 22 heavy (non-hydrogen) atoms. The average Bonchev–Trinajstić information content (AvgIpc) is 2.45. The van der Waals surface area contributed by atoms with Crippen molar-refractivity contribution in [1.82, 2.24) is 0 Å². The molecule has 7 heteroatoms. The van der Waals surface area contributed by atoms with Gasteiger partial charge in [-0.2, -0.15) is 13.2 Å². The first-order chi connectivity index (χ1) is 10.2. The van der Waals surface area contributed by atoms with Crippen LogP contribution in [0.25, 0.3) is 11.1 Å². The number of hydrogen-bond donors (Lipinski definition) is 2. The number of carboxylic acids is 1. The molecule has 0 heterocycles. The lowest BCUT2D eigenvalue weighted by Crippen LogP contribution is -2.12. The van der Waals surface area contributed by atoms with Gasteiger partial charge in [-0.3, -0.25) is 0 Å². The summed E-state index contributed by atoms with van der Waals surface area (Å²) in [7, 11) is 0. The van der Waals surface area contributed by atoms with Gasteiger partial charge in [0.2, 0.25) is 0 Å². The maximum absolute atomic E-state index is 12.8. The zero-order valence-electron chi connectivity index (χ0n) is 10.9. The lowest BCUT2D eigenvalue weighted by molar-refractivity contribution is -0.147. The molecule has 0 aromatic heterocycles. The fourth-order valence-electron chi connectivity index (χ4n) is 2.02. The highest BCUT2D eigenvalue weighted by Crippen LogP contribution is 2.35. The highest BCUT2D eigenvalue weighted by molar-refractivity contribution is 6.30. The number of aliphatic hydroxyl groups excluding tert-OH is 1. The summed E-state index contributed by atoms with van der Waals surface area (Å²) in [6, 6.07) is 8.42. The summed E-state index contributed by atoms with van der Waals surface area (Å²) < 4.78 is 38.3. The van der Waals surface area contributed by atoms with Crippen molar-refractivity contribution in [3.63, 3.8) is 0 Å². The second kappa shape index (κ2) is 5.98. The summed E-state index contributed by atoms with van der Waals surface area (Å²) in [6.07, 6.45) is -6.41. The first-order valence-electron chi connectivity index (χ1n) is 6.08. The molecule has 0 saturated carbocycles. The van der Waals surface area contributed by atoms with Crippen molar-refractivity contribution in [3.05, 3.63) is 58.6 Å². The van der Waals surface area contributed by atoms with Crippen LogP contribution in [0.1, 0.15) is 17.2 Å². The van der Waals surface area contributed by atoms with Gasteiger partial charge in [-0.1, -0.05) is 29.8 Å². The number of aliphatic carboxylic acids is 1. The summed E-state index contributed by atoms with van der Waals surface area (Å²) in [6.45, 7) is 0. The average molecular weight is 331 g/mol. The van der Waals surface area contributed by atoms with Crippen LogP contribution in [-0.4, -0.2) is 16.2 Å². The van der Waals surface area contributed by atoms with Crippen molar-refractivity contribution in [1.29, 1.82) is 0 Å². The molecule has 3 nitrogen and oxygen atoms in total. The number of aliphatic hydroxyl groups is 1. The summed E-state index contributed by atoms with van der Waals surface area (Å²) >= 11 is 5.77. The molecule has 0 aliphatic carbocycles. The molecule has 1 unspecified atom stereocenters. The van der Waals surface area contributed by atoms with E-state index < -0.39 is 23.8 Å². The smallest absolute Gasteiger partial charge is 0.416 e. The van der Waals surface area contributed by atoms with E-state index in [9.17, 15) is 23.1 Å². The number of carboxylic acid groups (broad SMARTS) is 1. The van der Waals surface area contributed by atoms with E-state index in [1.54, 1.807) is 0 Å². The Kier molecular flexibility index (Phi) is 4.44. The van der Waals surface area contributed by atoms with Gasteiger partial charge in [-0.05, 0) is 35.4 Å². The number of alkyl halides is 3. The molecule has 0 radical (unpaired) electrons. The van der Waals surface area contributed by atoms with Gasteiger partial charge in [0.05, 0.1) is 5.56 Å². The van der Waals surface area contributed by atoms with E-state index in [4.69, 9.17) is 16.7 Å². The predicted molar refractivity (Wildman–Crippen MR) is 74.5 cm³/mol. The van der Waals surface area contributed by atoms with Gasteiger partial charge in [0, 0.05) is 10.6 Å². The van der Waals surface area contributed by atoms with Crippen LogP contribution < -0.4 is 0 Å². The van der Waals surface area contributed by atoms with Crippen LogP contribution in [-0.2, 0) is 11.0 Å². The van der Waals surface area contributed by atoms with Gasteiger partial charge < -0.3 is 10.2 Å². The van der Waals surface area contributed by atoms with Crippen molar-refractivity contribution >= 4 is 17.6 Å². The first-order valence-corrected chi connectivity index (χ1v) is 6.46. The standard InChI is InChI=1S/C15H10ClF3O3/c16-10-4-5-11(12(7-10)13(20)14(21)22)8-2-1-3-9(6-8)15(17,18)19/h1-7,13,20H,(H,21,22). The third-order valence-electron chi connectivity index (χ3n) is 3.04. The number of benzene rings is 2. The van der Waals surface area contributed by atoms with E-state index in [1.165, 1.54) is 30.3 Å². The predicted octanol–water partition coefficient (Wildman–Crippen LogP) is 4.14. The molecule has 2 N–H and O–H groups in total. The summed E-state index contributed by atoms with van der Waals surface area (Å²) in [5, 5.41) is 18.8. The van der Waals surface area contributed by atoms with Gasteiger partial charge in [0.25, 0.3) is 0 Å². The van der Waals surface area contributed by atoms with Crippen molar-refractivity contribution in [2.24, 2.45) is 0 Å². The minimum Gasteiger partial charge on any atom is -0.479 e. The largest absolute Gasteiger partial charge is 0.479 e. The van der Waals surface area contributed by atoms with Crippen molar-refractivity contribution in [2.75, 3.05) is 0 Å². The highest BCUT2D eigenvalue weighted by Gasteiger charge is 2.31. The second-order valence-corrected chi connectivity index (χ2v) is 4.99. The Morgan fingerprint density at radius 3 is 2.41 bits per heavy atom. The van der Waals surface area contributed by atoms with Gasteiger partial charge >= 0.3 is 12.1 Å². The molecule has 0 aliphatic heterocycles. The first kappa shape index (κ1) is 16.3. The Morgan fingerprint density at radius 2 is 1.82 bits per heavy atom. The summed E-state index contributed by atoms with van der Waals surface area (Å²) in [4.78, 5) is 10.9. The van der Waals surface area contributed by atoms with Crippen LogP contribution in [0, 0.1) is 0 Å². The molecule has 0 saturated heterocycles. The Bertz CT molecular complexity index is 713. The lowest BCUT2D eigenvalue weighted by Gasteiger charge is -2.15. The molecular weight excluding hydrogens is 321 g/mol. The van der Waals surface area contributed by atoms with Gasteiger partial charge in [0.15, 0.2) is 6.10 Å². The fourth-order valence-corrected chi connectivity index (χ4v) is 2.20. The monoisotopic (exact) mass is 330 g/mol. The molecular formula is C15H10ClF3O3. The zero-order chi connectivity index (χ0) is 16.5. The molecule has 0 spiro atoms. The quantitative estimate of drug-likeness (QED) is 0.889. The SMILES string of the molecule is O=C(O)C(O)c1cc(Cl)ccc1-c1cccc(C(F)(F)F)c1. The van der Waals surface area contributed by atoms with Crippen LogP contribution in [0.5, 0.6) is 0 Å². The number of rotatable bonds is 3. The van der Waals surface area contributed by atoms with Gasteiger partial charge in [0.1, 0.15) is 0 Å². The van der Waals surface area contributed by atoms with E-state index in [0.29, 0.717) is 0 Å². The Hall–Kier alpha value is -2.05. The lowest BCUT2D eigenvalue weighted by atomic mass is 9.95. The Morgan fingerprint density at radius 1 is 1.14 bits per heavy atom. The highest BCUT2D eigenvalue weighted by atomic mass is 35.5. The second-order valence-electron chi connectivity index (χ2n) is 4.55. The number of halogens is 4. The number of hydrogen-bond acceptors (Lipinski definition) is 2. The summed E-state index contributed by atoms with van der Waals surface area (Å²) in [5.74, 6) is -1.52. The van der Waals surface area contributed by atoms with Crippen molar-refractivity contribution < 1.29 is 28.2 Å². The molecule has 0 bridgehead atoms. The normalized spacial score (nSPS) is 13.0. The third kappa shape index (κ3) is 3.40. The molecule has 1 atom stereocenters. The summed E-state index contributed by atoms with van der Waals surface area (Å²) in [5.41, 5.74) is -0.623. The molecule has 2 rings (SSSR count).